The zero-order valence-corrected chi connectivity index (χ0v) is 12.1. The van der Waals surface area contributed by atoms with Gasteiger partial charge in [0.25, 0.3) is 0 Å². The number of rotatable bonds is 5. The summed E-state index contributed by atoms with van der Waals surface area (Å²) in [5.74, 6) is 0.112. The lowest BCUT2D eigenvalue weighted by Crippen LogP contribution is -1.90. The molecule has 0 radical (unpaired) electrons. The summed E-state index contributed by atoms with van der Waals surface area (Å²) in [5.41, 5.74) is 4.68. The summed E-state index contributed by atoms with van der Waals surface area (Å²) in [7, 11) is 0. The summed E-state index contributed by atoms with van der Waals surface area (Å²) in [6.07, 6.45) is 3.73. The molecule has 1 heteroatoms. The van der Waals surface area contributed by atoms with Gasteiger partial charge in [0.2, 0.25) is 0 Å². The summed E-state index contributed by atoms with van der Waals surface area (Å²) in [6, 6.07) is 18.8. The van der Waals surface area contributed by atoms with E-state index in [1.54, 1.807) is 13.0 Å². The largest absolute Gasteiger partial charge is 0.295 e. The predicted octanol–water partition coefficient (Wildman–Crippen LogP) is 5.13. The van der Waals surface area contributed by atoms with Crippen LogP contribution in [0.15, 0.2) is 60.7 Å². The minimum atomic E-state index is 0.112. The molecule has 0 bridgehead atoms. The number of benzene rings is 2. The molecule has 1 nitrogen and oxygen atoms in total. The molecular weight excluding hydrogens is 244 g/mol. The third-order valence-electron chi connectivity index (χ3n) is 3.26. The van der Waals surface area contributed by atoms with Crippen molar-refractivity contribution in [3.05, 3.63) is 66.2 Å². The number of carbonyl (C=O) groups excluding carboxylic acids is 1. The molecular formula is C19H20O. The third-order valence-corrected chi connectivity index (χ3v) is 3.26. The van der Waals surface area contributed by atoms with Gasteiger partial charge in [0.15, 0.2) is 5.78 Å². The van der Waals surface area contributed by atoms with Gasteiger partial charge in [0.1, 0.15) is 0 Å². The number of ketones is 1. The van der Waals surface area contributed by atoms with Crippen LogP contribution in [0.1, 0.15) is 32.3 Å². The molecule has 0 aliphatic carbocycles. The van der Waals surface area contributed by atoms with Crippen molar-refractivity contribution >= 4 is 11.4 Å². The molecule has 0 saturated carbocycles. The molecule has 2 aromatic rings. The Hall–Kier alpha value is -2.15. The van der Waals surface area contributed by atoms with Gasteiger partial charge in [-0.05, 0) is 41.7 Å². The summed E-state index contributed by atoms with van der Waals surface area (Å²) >= 11 is 0. The third kappa shape index (κ3) is 3.67. The molecule has 0 aliphatic rings. The average Bonchev–Trinajstić information content (AvgIpc) is 2.47. The van der Waals surface area contributed by atoms with Crippen LogP contribution in [-0.4, -0.2) is 5.78 Å². The van der Waals surface area contributed by atoms with Crippen molar-refractivity contribution in [3.8, 4) is 11.1 Å². The first-order valence-electron chi connectivity index (χ1n) is 7.07. The lowest BCUT2D eigenvalue weighted by atomic mass is 9.97. The molecule has 0 heterocycles. The molecule has 0 N–H and O–H groups in total. The van der Waals surface area contributed by atoms with Gasteiger partial charge in [-0.3, -0.25) is 4.79 Å². The number of hydrogen-bond acceptors (Lipinski definition) is 1. The van der Waals surface area contributed by atoms with Crippen molar-refractivity contribution in [2.45, 2.75) is 26.7 Å². The highest BCUT2D eigenvalue weighted by atomic mass is 16.1. The van der Waals surface area contributed by atoms with Crippen molar-refractivity contribution in [3.63, 3.8) is 0 Å². The molecule has 2 rings (SSSR count). The Balaban J connectivity index is 2.29. The highest BCUT2D eigenvalue weighted by Crippen LogP contribution is 2.24. The normalized spacial score (nSPS) is 11.4. The average molecular weight is 264 g/mol. The summed E-state index contributed by atoms with van der Waals surface area (Å²) < 4.78 is 0. The van der Waals surface area contributed by atoms with Crippen molar-refractivity contribution in [2.75, 3.05) is 0 Å². The molecule has 102 valence electrons. The van der Waals surface area contributed by atoms with E-state index in [2.05, 4.69) is 43.3 Å². The first-order chi connectivity index (χ1) is 9.70. The number of carbonyl (C=O) groups is 1. The van der Waals surface area contributed by atoms with E-state index >= 15 is 0 Å². The van der Waals surface area contributed by atoms with Gasteiger partial charge >= 0.3 is 0 Å². The highest BCUT2D eigenvalue weighted by molar-refractivity contribution is 5.95. The summed E-state index contributed by atoms with van der Waals surface area (Å²) in [6.45, 7) is 3.74. The fourth-order valence-electron chi connectivity index (χ4n) is 2.32. The lowest BCUT2D eigenvalue weighted by molar-refractivity contribution is -0.112. The fraction of sp³-hybridized carbons (Fsp3) is 0.211. The molecule has 0 unspecified atom stereocenters. The van der Waals surface area contributed by atoms with Crippen LogP contribution in [0, 0.1) is 0 Å². The molecule has 0 aliphatic heterocycles. The van der Waals surface area contributed by atoms with E-state index in [9.17, 15) is 4.79 Å². The molecule has 0 fully saturated rings. The molecule has 0 atom stereocenters. The molecule has 2 aromatic carbocycles. The van der Waals surface area contributed by atoms with Crippen molar-refractivity contribution in [1.29, 1.82) is 0 Å². The van der Waals surface area contributed by atoms with Gasteiger partial charge in [-0.15, -0.1) is 0 Å². The molecule has 0 aromatic heterocycles. The Labute approximate surface area is 121 Å². The lowest BCUT2D eigenvalue weighted by Gasteiger charge is -2.08. The second-order valence-electron chi connectivity index (χ2n) is 4.97. The van der Waals surface area contributed by atoms with Gasteiger partial charge in [0, 0.05) is 0 Å². The van der Waals surface area contributed by atoms with Gasteiger partial charge in [0.05, 0.1) is 0 Å². The quantitative estimate of drug-likeness (QED) is 0.684. The monoisotopic (exact) mass is 264 g/mol. The molecule has 0 spiro atoms. The maximum Gasteiger partial charge on any atom is 0.152 e. The zero-order valence-electron chi connectivity index (χ0n) is 12.1. The Morgan fingerprint density at radius 3 is 2.10 bits per heavy atom. The first-order valence-corrected chi connectivity index (χ1v) is 7.07. The highest BCUT2D eigenvalue weighted by Gasteiger charge is 2.03. The van der Waals surface area contributed by atoms with Gasteiger partial charge < -0.3 is 0 Å². The topological polar surface area (TPSA) is 17.1 Å². The van der Waals surface area contributed by atoms with E-state index in [-0.39, 0.29) is 5.78 Å². The van der Waals surface area contributed by atoms with Gasteiger partial charge in [-0.2, -0.15) is 0 Å². The Kier molecular flexibility index (Phi) is 4.89. The van der Waals surface area contributed by atoms with E-state index in [1.165, 1.54) is 11.1 Å². The van der Waals surface area contributed by atoms with Crippen molar-refractivity contribution in [1.82, 2.24) is 0 Å². The smallest absolute Gasteiger partial charge is 0.152 e. The minimum absolute atomic E-state index is 0.112. The number of hydrogen-bond donors (Lipinski definition) is 0. The standard InChI is InChI=1S/C19H20O/c1-3-7-19(14-15(2)20)18-12-10-17(11-13-18)16-8-5-4-6-9-16/h4-6,8-14H,3,7H2,1-2H3. The van der Waals surface area contributed by atoms with Crippen LogP contribution in [0.4, 0.5) is 0 Å². The predicted molar refractivity (Wildman–Crippen MR) is 85.4 cm³/mol. The van der Waals surface area contributed by atoms with Crippen LogP contribution in [0.2, 0.25) is 0 Å². The Morgan fingerprint density at radius 1 is 0.950 bits per heavy atom. The van der Waals surface area contributed by atoms with Crippen molar-refractivity contribution in [2.24, 2.45) is 0 Å². The van der Waals surface area contributed by atoms with E-state index in [0.717, 1.165) is 24.0 Å². The van der Waals surface area contributed by atoms with Gasteiger partial charge in [-0.1, -0.05) is 67.9 Å². The SMILES string of the molecule is CCCC(=CC(C)=O)c1ccc(-c2ccccc2)cc1. The first kappa shape index (κ1) is 14.3. The number of allylic oxidation sites excluding steroid dienone is 2. The maximum atomic E-state index is 11.3. The Bertz CT molecular complexity index is 591. The van der Waals surface area contributed by atoms with Crippen molar-refractivity contribution < 1.29 is 4.79 Å². The van der Waals surface area contributed by atoms with E-state index in [0.29, 0.717) is 0 Å². The Morgan fingerprint density at radius 2 is 1.55 bits per heavy atom. The minimum Gasteiger partial charge on any atom is -0.295 e. The van der Waals surface area contributed by atoms with Crippen LogP contribution in [0.5, 0.6) is 0 Å². The van der Waals surface area contributed by atoms with Crippen LogP contribution in [0.3, 0.4) is 0 Å². The second kappa shape index (κ2) is 6.85. The zero-order chi connectivity index (χ0) is 14.4. The molecule has 0 saturated heterocycles. The summed E-state index contributed by atoms with van der Waals surface area (Å²) in [4.78, 5) is 11.3. The van der Waals surface area contributed by atoms with Crippen LogP contribution in [-0.2, 0) is 4.79 Å². The fourth-order valence-corrected chi connectivity index (χ4v) is 2.32. The van der Waals surface area contributed by atoms with E-state index in [1.807, 2.05) is 18.2 Å². The van der Waals surface area contributed by atoms with E-state index < -0.39 is 0 Å². The van der Waals surface area contributed by atoms with Crippen LogP contribution < -0.4 is 0 Å². The second-order valence-corrected chi connectivity index (χ2v) is 4.97. The summed E-state index contributed by atoms with van der Waals surface area (Å²) in [5, 5.41) is 0. The van der Waals surface area contributed by atoms with E-state index in [4.69, 9.17) is 0 Å². The maximum absolute atomic E-state index is 11.3. The van der Waals surface area contributed by atoms with Gasteiger partial charge in [-0.25, -0.2) is 0 Å². The van der Waals surface area contributed by atoms with Crippen LogP contribution in [0.25, 0.3) is 16.7 Å². The molecule has 0 amide bonds. The molecule has 20 heavy (non-hydrogen) atoms. The van der Waals surface area contributed by atoms with Crippen LogP contribution >= 0.6 is 0 Å².